The summed E-state index contributed by atoms with van der Waals surface area (Å²) in [6.07, 6.45) is 2.69. The lowest BCUT2D eigenvalue weighted by Gasteiger charge is -2.20. The first kappa shape index (κ1) is 21.1. The molecule has 2 N–H and O–H groups in total. The van der Waals surface area contributed by atoms with E-state index in [1.54, 1.807) is 6.20 Å². The fraction of sp³-hybridized carbons (Fsp3) is 0.250. The van der Waals surface area contributed by atoms with E-state index >= 15 is 0 Å². The number of ether oxygens (including phenoxy) is 2. The monoisotopic (exact) mass is 435 g/mol. The molecule has 1 aromatic heterocycles. The van der Waals surface area contributed by atoms with Crippen molar-refractivity contribution in [3.63, 3.8) is 0 Å². The maximum atomic E-state index is 11.6. The zero-order chi connectivity index (χ0) is 21.8. The number of anilines is 2. The molecule has 0 aliphatic carbocycles. The van der Waals surface area contributed by atoms with E-state index in [9.17, 15) is 4.79 Å². The van der Waals surface area contributed by atoms with E-state index in [0.717, 1.165) is 33.2 Å². The van der Waals surface area contributed by atoms with Crippen molar-refractivity contribution in [2.75, 3.05) is 17.4 Å². The van der Waals surface area contributed by atoms with Gasteiger partial charge in [-0.1, -0.05) is 26.0 Å². The Balaban J connectivity index is 1.50. The van der Waals surface area contributed by atoms with Crippen molar-refractivity contribution in [2.24, 2.45) is 0 Å². The Hall–Kier alpha value is -3.19. The van der Waals surface area contributed by atoms with Crippen LogP contribution in [0.2, 0.25) is 0 Å². The molecule has 160 valence electrons. The molecule has 0 atom stereocenters. The van der Waals surface area contributed by atoms with Gasteiger partial charge in [0.25, 0.3) is 0 Å². The average Bonchev–Trinajstić information content (AvgIpc) is 2.75. The minimum Gasteiger partial charge on any atom is -0.473 e. The molecule has 0 radical (unpaired) electrons. The number of nitrogens with zero attached hydrogens (tertiary/aromatic N) is 1. The molecular formula is C24H25N3O3S. The van der Waals surface area contributed by atoms with Crippen molar-refractivity contribution in [3.05, 3.63) is 65.9 Å². The summed E-state index contributed by atoms with van der Waals surface area (Å²) in [7, 11) is 0. The summed E-state index contributed by atoms with van der Waals surface area (Å²) >= 11 is 4.45. The van der Waals surface area contributed by atoms with E-state index in [0.29, 0.717) is 31.1 Å². The van der Waals surface area contributed by atoms with Gasteiger partial charge in [-0.25, -0.2) is 4.98 Å². The van der Waals surface area contributed by atoms with Crippen molar-refractivity contribution in [1.29, 1.82) is 0 Å². The molecule has 4 rings (SSSR count). The number of rotatable bonds is 7. The van der Waals surface area contributed by atoms with Crippen molar-refractivity contribution in [2.45, 2.75) is 37.5 Å². The zero-order valence-electron chi connectivity index (χ0n) is 17.5. The second-order valence-electron chi connectivity index (χ2n) is 7.62. The molecule has 6 nitrogen and oxygen atoms in total. The van der Waals surface area contributed by atoms with E-state index in [1.807, 2.05) is 48.5 Å². The van der Waals surface area contributed by atoms with Crippen LogP contribution in [0.25, 0.3) is 0 Å². The summed E-state index contributed by atoms with van der Waals surface area (Å²) in [5, 5.41) is 6.05. The molecule has 7 heteroatoms. The number of hydrogen-bond acceptors (Lipinski definition) is 6. The molecule has 0 bridgehead atoms. The van der Waals surface area contributed by atoms with Crippen molar-refractivity contribution < 1.29 is 14.3 Å². The number of aromatic nitrogens is 1. The van der Waals surface area contributed by atoms with Gasteiger partial charge >= 0.3 is 0 Å². The Morgan fingerprint density at radius 1 is 1.13 bits per heavy atom. The van der Waals surface area contributed by atoms with Crippen LogP contribution in [0.1, 0.15) is 37.3 Å². The van der Waals surface area contributed by atoms with Gasteiger partial charge in [-0.05, 0) is 48.7 Å². The minimum absolute atomic E-state index is 0.0186. The molecule has 2 aromatic carbocycles. The highest BCUT2D eigenvalue weighted by molar-refractivity contribution is 7.80. The van der Waals surface area contributed by atoms with Crippen LogP contribution in [0.5, 0.6) is 17.2 Å². The number of fused-ring (bicyclic) bond motifs is 1. The molecular weight excluding hydrogens is 410 g/mol. The number of hydrogen-bond donors (Lipinski definition) is 3. The van der Waals surface area contributed by atoms with Crippen LogP contribution < -0.4 is 20.1 Å². The molecule has 0 fully saturated rings. The van der Waals surface area contributed by atoms with Gasteiger partial charge in [-0.2, -0.15) is 0 Å². The lowest BCUT2D eigenvalue weighted by Crippen LogP contribution is -2.20. The smallest absolute Gasteiger partial charge is 0.225 e. The quantitative estimate of drug-likeness (QED) is 0.332. The number of nitrogens with one attached hydrogen (secondary N) is 2. The molecule has 0 unspecified atom stereocenters. The zero-order valence-corrected chi connectivity index (χ0v) is 18.4. The Bertz CT molecular complexity index is 1100. The summed E-state index contributed by atoms with van der Waals surface area (Å²) in [6, 6.07) is 15.4. The Labute approximate surface area is 187 Å². The van der Waals surface area contributed by atoms with Gasteiger partial charge in [0.1, 0.15) is 23.1 Å². The van der Waals surface area contributed by atoms with Gasteiger partial charge in [0.2, 0.25) is 5.91 Å². The first-order valence-corrected chi connectivity index (χ1v) is 10.7. The topological polar surface area (TPSA) is 72.5 Å². The van der Waals surface area contributed by atoms with Gasteiger partial charge in [0.15, 0.2) is 6.73 Å². The Kier molecular flexibility index (Phi) is 6.32. The predicted octanol–water partition coefficient (Wildman–Crippen LogP) is 5.62. The lowest BCUT2D eigenvalue weighted by atomic mass is 10.0. The third-order valence-corrected chi connectivity index (χ3v) is 5.49. The van der Waals surface area contributed by atoms with Crippen molar-refractivity contribution in [3.8, 4) is 17.2 Å². The Morgan fingerprint density at radius 2 is 1.97 bits per heavy atom. The maximum absolute atomic E-state index is 11.6. The largest absolute Gasteiger partial charge is 0.473 e. The maximum Gasteiger partial charge on any atom is 0.225 e. The van der Waals surface area contributed by atoms with Gasteiger partial charge in [-0.15, -0.1) is 12.6 Å². The fourth-order valence-corrected chi connectivity index (χ4v) is 3.71. The molecule has 0 saturated heterocycles. The van der Waals surface area contributed by atoms with Gasteiger partial charge < -0.3 is 20.1 Å². The molecule has 0 spiro atoms. The molecule has 3 aromatic rings. The van der Waals surface area contributed by atoms with Crippen LogP contribution in [0.4, 0.5) is 11.5 Å². The van der Waals surface area contributed by atoms with E-state index in [4.69, 9.17) is 9.47 Å². The molecule has 31 heavy (non-hydrogen) atoms. The summed E-state index contributed by atoms with van der Waals surface area (Å²) in [4.78, 5) is 16.8. The number of benzene rings is 2. The third-order valence-electron chi connectivity index (χ3n) is 5.10. The van der Waals surface area contributed by atoms with Gasteiger partial charge in [0.05, 0.1) is 5.69 Å². The lowest BCUT2D eigenvalue weighted by molar-refractivity contribution is -0.116. The van der Waals surface area contributed by atoms with E-state index in [-0.39, 0.29) is 11.8 Å². The van der Waals surface area contributed by atoms with Gasteiger partial charge in [-0.3, -0.25) is 4.79 Å². The number of pyridine rings is 1. The van der Waals surface area contributed by atoms with Gasteiger partial charge in [0, 0.05) is 28.6 Å². The van der Waals surface area contributed by atoms with Crippen LogP contribution in [-0.4, -0.2) is 17.6 Å². The molecule has 0 saturated carbocycles. The van der Waals surface area contributed by atoms with Crippen LogP contribution in [0.15, 0.2) is 59.6 Å². The minimum atomic E-state index is -0.0186. The van der Waals surface area contributed by atoms with Crippen LogP contribution in [-0.2, 0) is 11.2 Å². The first-order chi connectivity index (χ1) is 15.0. The highest BCUT2D eigenvalue weighted by Crippen LogP contribution is 2.36. The number of carbonyl (C=O) groups is 1. The summed E-state index contributed by atoms with van der Waals surface area (Å²) in [5.41, 5.74) is 2.89. The second kappa shape index (κ2) is 9.31. The summed E-state index contributed by atoms with van der Waals surface area (Å²) in [6.45, 7) is 4.56. The molecule has 1 amide bonds. The predicted molar refractivity (Wildman–Crippen MR) is 125 cm³/mol. The SMILES string of the molecule is CC(C)c1cc(Oc2ccnc3c2CCC(=O)N3)ccc1OCNc1ccccc1S. The van der Waals surface area contributed by atoms with Crippen LogP contribution in [0, 0.1) is 0 Å². The number of amides is 1. The average molecular weight is 436 g/mol. The normalized spacial score (nSPS) is 12.8. The van der Waals surface area contributed by atoms with E-state index in [2.05, 4.69) is 42.1 Å². The first-order valence-electron chi connectivity index (χ1n) is 10.3. The van der Waals surface area contributed by atoms with Crippen molar-refractivity contribution >= 4 is 30.0 Å². The highest BCUT2D eigenvalue weighted by atomic mass is 32.1. The van der Waals surface area contributed by atoms with Crippen molar-refractivity contribution in [1.82, 2.24) is 4.98 Å². The standard InChI is InChI=1S/C24H25N3O3S/c1-15(2)18-13-16(30-21-11-12-25-24-17(21)8-10-23(28)27-24)7-9-20(18)29-14-26-19-5-3-4-6-22(19)31/h3-7,9,11-13,15,26,31H,8,10,14H2,1-2H3,(H,25,27,28). The van der Waals surface area contributed by atoms with Crippen LogP contribution in [0.3, 0.4) is 0 Å². The number of para-hydroxylation sites is 1. The number of carbonyl (C=O) groups excluding carboxylic acids is 1. The van der Waals surface area contributed by atoms with E-state index < -0.39 is 0 Å². The fourth-order valence-electron chi connectivity index (χ4n) is 3.47. The second-order valence-corrected chi connectivity index (χ2v) is 8.11. The highest BCUT2D eigenvalue weighted by Gasteiger charge is 2.20. The molecule has 2 heterocycles. The molecule has 1 aliphatic rings. The molecule has 1 aliphatic heterocycles. The summed E-state index contributed by atoms with van der Waals surface area (Å²) in [5.74, 6) is 3.04. The Morgan fingerprint density at radius 3 is 2.77 bits per heavy atom. The summed E-state index contributed by atoms with van der Waals surface area (Å²) < 4.78 is 12.2. The number of thiol groups is 1. The van der Waals surface area contributed by atoms with E-state index in [1.165, 1.54) is 0 Å². The third kappa shape index (κ3) is 4.94. The van der Waals surface area contributed by atoms with Crippen LogP contribution >= 0.6 is 12.6 Å².